The number of anilines is 1. The van der Waals surface area contributed by atoms with Gasteiger partial charge in [-0.2, -0.15) is 13.2 Å². The van der Waals surface area contributed by atoms with Crippen LogP contribution in [0.3, 0.4) is 0 Å². The van der Waals surface area contributed by atoms with Crippen LogP contribution in [0.5, 0.6) is 0 Å². The smallest absolute Gasteiger partial charge is 0.384 e. The van der Waals surface area contributed by atoms with Crippen molar-refractivity contribution in [2.24, 2.45) is 0 Å². The second kappa shape index (κ2) is 5.35. The van der Waals surface area contributed by atoms with E-state index in [1.54, 1.807) is 0 Å². The largest absolute Gasteiger partial charge is 0.416 e. The second-order valence-electron chi connectivity index (χ2n) is 3.60. The van der Waals surface area contributed by atoms with Gasteiger partial charge < -0.3 is 5.73 Å². The van der Waals surface area contributed by atoms with E-state index < -0.39 is 21.6 Å². The normalized spacial score (nSPS) is 12.7. The van der Waals surface area contributed by atoms with Gasteiger partial charge in [0.25, 0.3) is 0 Å². The van der Waals surface area contributed by atoms with E-state index in [4.69, 9.17) is 5.73 Å². The molecule has 0 fully saturated rings. The summed E-state index contributed by atoms with van der Waals surface area (Å²) in [5.74, 6) is -0.242. The summed E-state index contributed by atoms with van der Waals surface area (Å²) in [5, 5.41) is 0.0611. The third-order valence-corrected chi connectivity index (χ3v) is 3.97. The molecule has 4 nitrogen and oxygen atoms in total. The first kappa shape index (κ1) is 15.1. The van der Waals surface area contributed by atoms with Gasteiger partial charge in [0.1, 0.15) is 15.7 Å². The Kier molecular flexibility index (Phi) is 4.49. The Hall–Kier alpha value is -0.960. The Morgan fingerprint density at radius 1 is 1.39 bits per heavy atom. The molecule has 1 rings (SSSR count). The van der Waals surface area contributed by atoms with Crippen molar-refractivity contribution in [3.8, 4) is 0 Å². The number of nitrogens with zero attached hydrogens (tertiary/aromatic N) is 1. The second-order valence-corrected chi connectivity index (χ2v) is 6.97. The molecule has 0 atom stereocenters. The Bertz CT molecular complexity index is 529. The maximum Gasteiger partial charge on any atom is 0.416 e. The van der Waals surface area contributed by atoms with Crippen LogP contribution in [0, 0.1) is 0 Å². The van der Waals surface area contributed by atoms with E-state index in [1.807, 2.05) is 0 Å². The maximum atomic E-state index is 12.5. The number of hydrogen-bond donors (Lipinski definition) is 1. The van der Waals surface area contributed by atoms with Crippen molar-refractivity contribution in [1.29, 1.82) is 0 Å². The topological polar surface area (TPSA) is 73.0 Å². The number of pyridine rings is 1. The first-order chi connectivity index (χ1) is 8.08. The van der Waals surface area contributed by atoms with Gasteiger partial charge in [0.2, 0.25) is 0 Å². The average Bonchev–Trinajstić information content (AvgIpc) is 2.13. The van der Waals surface area contributed by atoms with Crippen molar-refractivity contribution in [3.05, 3.63) is 17.7 Å². The van der Waals surface area contributed by atoms with Gasteiger partial charge in [-0.3, -0.25) is 0 Å². The minimum absolute atomic E-state index is 0.0611. The van der Waals surface area contributed by atoms with Crippen molar-refractivity contribution in [1.82, 2.24) is 4.98 Å². The Balaban J connectivity index is 2.81. The number of halogens is 3. The summed E-state index contributed by atoms with van der Waals surface area (Å²) in [5.41, 5.74) is 4.38. The Morgan fingerprint density at radius 3 is 2.50 bits per heavy atom. The number of sulfone groups is 1. The lowest BCUT2D eigenvalue weighted by Crippen LogP contribution is -2.08. The van der Waals surface area contributed by atoms with Gasteiger partial charge in [0.05, 0.1) is 16.3 Å². The molecule has 0 aliphatic heterocycles. The van der Waals surface area contributed by atoms with Crippen molar-refractivity contribution >= 4 is 27.4 Å². The Labute approximate surface area is 107 Å². The first-order valence-corrected chi connectivity index (χ1v) is 7.78. The summed E-state index contributed by atoms with van der Waals surface area (Å²) in [6, 6.07) is 1.59. The highest BCUT2D eigenvalue weighted by molar-refractivity contribution is 8.00. The zero-order valence-corrected chi connectivity index (χ0v) is 11.0. The highest BCUT2D eigenvalue weighted by Crippen LogP contribution is 2.32. The van der Waals surface area contributed by atoms with Crippen molar-refractivity contribution in [2.45, 2.75) is 11.2 Å². The highest BCUT2D eigenvalue weighted by atomic mass is 32.2. The zero-order valence-electron chi connectivity index (χ0n) is 9.36. The van der Waals surface area contributed by atoms with Gasteiger partial charge in [-0.1, -0.05) is 0 Å². The quantitative estimate of drug-likeness (QED) is 0.859. The van der Waals surface area contributed by atoms with Gasteiger partial charge in [-0.25, -0.2) is 13.4 Å². The molecule has 0 unspecified atom stereocenters. The summed E-state index contributed by atoms with van der Waals surface area (Å²) in [6.45, 7) is 0. The number of hydrogen-bond acceptors (Lipinski definition) is 5. The molecule has 18 heavy (non-hydrogen) atoms. The van der Waals surface area contributed by atoms with Crippen LogP contribution in [0.2, 0.25) is 0 Å². The fourth-order valence-corrected chi connectivity index (χ4v) is 3.19. The summed E-state index contributed by atoms with van der Waals surface area (Å²) in [7, 11) is -3.15. The number of aromatic nitrogens is 1. The van der Waals surface area contributed by atoms with Crippen LogP contribution in [-0.2, 0) is 16.0 Å². The molecule has 2 N–H and O–H groups in total. The minimum atomic E-state index is -4.50. The van der Waals surface area contributed by atoms with Crippen LogP contribution >= 0.6 is 11.8 Å². The van der Waals surface area contributed by atoms with E-state index in [-0.39, 0.29) is 22.3 Å². The van der Waals surface area contributed by atoms with Crippen LogP contribution in [0.15, 0.2) is 17.2 Å². The van der Waals surface area contributed by atoms with E-state index in [0.717, 1.165) is 30.2 Å². The van der Waals surface area contributed by atoms with E-state index in [2.05, 4.69) is 4.98 Å². The van der Waals surface area contributed by atoms with Gasteiger partial charge in [0.15, 0.2) is 0 Å². The molecule has 0 aliphatic rings. The van der Waals surface area contributed by atoms with Crippen LogP contribution in [0.1, 0.15) is 5.56 Å². The van der Waals surface area contributed by atoms with E-state index >= 15 is 0 Å². The molecule has 1 aromatic rings. The predicted octanol–water partition coefficient (Wildman–Crippen LogP) is 1.82. The van der Waals surface area contributed by atoms with Crippen molar-refractivity contribution in [3.63, 3.8) is 0 Å². The molecule has 0 saturated carbocycles. The summed E-state index contributed by atoms with van der Waals surface area (Å²) in [6.07, 6.45) is -3.44. The molecule has 0 spiro atoms. The first-order valence-electron chi connectivity index (χ1n) is 4.73. The van der Waals surface area contributed by atoms with Gasteiger partial charge in [0, 0.05) is 12.0 Å². The summed E-state index contributed by atoms with van der Waals surface area (Å²) in [4.78, 5) is 3.71. The monoisotopic (exact) mass is 300 g/mol. The van der Waals surface area contributed by atoms with Gasteiger partial charge in [-0.15, -0.1) is 11.8 Å². The minimum Gasteiger partial charge on any atom is -0.384 e. The summed E-state index contributed by atoms with van der Waals surface area (Å²) < 4.78 is 59.2. The maximum absolute atomic E-state index is 12.5. The molecular formula is C9H11F3N2O2S2. The number of alkyl halides is 3. The molecule has 0 amide bonds. The van der Waals surface area contributed by atoms with Crippen LogP contribution in [0.4, 0.5) is 19.0 Å². The molecule has 1 aromatic heterocycles. The standard InChI is InChI=1S/C9H11F3N2O2S2/c1-18(15,16)3-2-17-8-5-6(9(10,11)12)4-7(13)14-8/h4-5H,2-3H2,1H3,(H2,13,14). The molecule has 0 bridgehead atoms. The van der Waals surface area contributed by atoms with Crippen LogP contribution < -0.4 is 5.73 Å². The number of thioether (sulfide) groups is 1. The zero-order chi connectivity index (χ0) is 14.0. The average molecular weight is 300 g/mol. The van der Waals surface area contributed by atoms with Crippen LogP contribution in [0.25, 0.3) is 0 Å². The molecule has 0 saturated heterocycles. The van der Waals surface area contributed by atoms with Gasteiger partial charge >= 0.3 is 6.18 Å². The number of rotatable bonds is 4. The summed E-state index contributed by atoms with van der Waals surface area (Å²) >= 11 is 0.921. The molecule has 0 aliphatic carbocycles. The number of nitrogen functional groups attached to an aromatic ring is 1. The fourth-order valence-electron chi connectivity index (χ4n) is 1.06. The molecule has 0 aromatic carbocycles. The lowest BCUT2D eigenvalue weighted by atomic mass is 10.2. The van der Waals surface area contributed by atoms with Crippen molar-refractivity contribution in [2.75, 3.05) is 23.5 Å². The molecular weight excluding hydrogens is 289 g/mol. The Morgan fingerprint density at radius 2 is 2.00 bits per heavy atom. The van der Waals surface area contributed by atoms with E-state index in [1.165, 1.54) is 0 Å². The molecule has 0 radical (unpaired) electrons. The van der Waals surface area contributed by atoms with E-state index in [9.17, 15) is 21.6 Å². The third-order valence-electron chi connectivity index (χ3n) is 1.85. The van der Waals surface area contributed by atoms with Gasteiger partial charge in [-0.05, 0) is 12.1 Å². The SMILES string of the molecule is CS(=O)(=O)CCSc1cc(C(F)(F)F)cc(N)n1. The van der Waals surface area contributed by atoms with Crippen LogP contribution in [-0.4, -0.2) is 31.2 Å². The third kappa shape index (κ3) is 5.13. The predicted molar refractivity (Wildman–Crippen MR) is 64.1 cm³/mol. The van der Waals surface area contributed by atoms with E-state index in [0.29, 0.717) is 0 Å². The lowest BCUT2D eigenvalue weighted by molar-refractivity contribution is -0.137. The van der Waals surface area contributed by atoms with Crippen molar-refractivity contribution < 1.29 is 21.6 Å². The molecule has 9 heteroatoms. The number of nitrogens with two attached hydrogens (primary N) is 1. The molecule has 1 heterocycles. The lowest BCUT2D eigenvalue weighted by Gasteiger charge is -2.09. The highest BCUT2D eigenvalue weighted by Gasteiger charge is 2.31. The molecule has 102 valence electrons. The fraction of sp³-hybridized carbons (Fsp3) is 0.444.